The molecule has 0 saturated carbocycles. The van der Waals surface area contributed by atoms with Gasteiger partial charge in [0.05, 0.1) is 16.8 Å². The predicted octanol–water partition coefficient (Wildman–Crippen LogP) is 5.87. The van der Waals surface area contributed by atoms with E-state index in [-0.39, 0.29) is 4.90 Å². The number of aryl methyl sites for hydroxylation is 2. The maximum atomic E-state index is 13.6. The van der Waals surface area contributed by atoms with Gasteiger partial charge in [-0.15, -0.1) is 0 Å². The Morgan fingerprint density at radius 2 is 1.59 bits per heavy atom. The lowest BCUT2D eigenvalue weighted by atomic mass is 10.0. The number of nitrogens with zero attached hydrogens (tertiary/aromatic N) is 3. The Labute approximate surface area is 230 Å². The third-order valence-electron chi connectivity index (χ3n) is 6.62. The van der Waals surface area contributed by atoms with E-state index in [4.69, 9.17) is 0 Å². The number of nitrogens with one attached hydrogen (secondary N) is 1. The minimum Gasteiger partial charge on any atom is -0.318 e. The van der Waals surface area contributed by atoms with Gasteiger partial charge in [0.25, 0.3) is 15.9 Å². The van der Waals surface area contributed by atoms with Gasteiger partial charge < -0.3 is 4.57 Å². The first-order valence-electron chi connectivity index (χ1n) is 12.8. The molecule has 202 valence electrons. The van der Waals surface area contributed by atoms with Crippen molar-refractivity contribution in [2.45, 2.75) is 45.4 Å². The number of anilines is 1. The van der Waals surface area contributed by atoms with Gasteiger partial charge in [0.1, 0.15) is 6.54 Å². The summed E-state index contributed by atoms with van der Waals surface area (Å²) in [6.07, 6.45) is 1.58. The summed E-state index contributed by atoms with van der Waals surface area (Å²) in [4.78, 5) is 13.1. The van der Waals surface area contributed by atoms with Crippen molar-refractivity contribution < 1.29 is 13.2 Å². The van der Waals surface area contributed by atoms with Gasteiger partial charge in [-0.1, -0.05) is 61.9 Å². The molecule has 4 rings (SSSR count). The summed E-state index contributed by atoms with van der Waals surface area (Å²) >= 11 is 0. The number of benzene rings is 3. The zero-order chi connectivity index (χ0) is 28.2. The predicted molar refractivity (Wildman–Crippen MR) is 157 cm³/mol. The van der Waals surface area contributed by atoms with Crippen LogP contribution in [-0.2, 0) is 14.8 Å². The lowest BCUT2D eigenvalue weighted by Crippen LogP contribution is -2.39. The van der Waals surface area contributed by atoms with Gasteiger partial charge in [-0.2, -0.15) is 5.10 Å². The molecule has 1 aromatic heterocycles. The third-order valence-corrected chi connectivity index (χ3v) is 8.41. The highest BCUT2D eigenvalue weighted by molar-refractivity contribution is 7.92. The molecule has 4 aromatic rings. The second-order valence-electron chi connectivity index (χ2n) is 9.86. The molecule has 0 bridgehead atoms. The maximum Gasteiger partial charge on any atom is 0.264 e. The summed E-state index contributed by atoms with van der Waals surface area (Å²) in [6, 6.07) is 25.8. The highest BCUT2D eigenvalue weighted by atomic mass is 32.2. The summed E-state index contributed by atoms with van der Waals surface area (Å²) in [5, 5.41) is 4.14. The SMILES string of the molecule is Cc1ccc(S(=O)(=O)N(CC(=O)N/N=C\c2cc(C)n(-c3ccccc3)c2C)c2ccc(C(C)C)cc2)cc1. The molecule has 7 nitrogen and oxygen atoms in total. The van der Waals surface area contributed by atoms with Crippen LogP contribution in [0.25, 0.3) is 5.69 Å². The minimum absolute atomic E-state index is 0.116. The van der Waals surface area contributed by atoms with Crippen LogP contribution in [-0.4, -0.2) is 31.7 Å². The highest BCUT2D eigenvalue weighted by Crippen LogP contribution is 2.26. The van der Waals surface area contributed by atoms with E-state index < -0.39 is 22.5 Å². The van der Waals surface area contributed by atoms with E-state index in [1.807, 2.05) is 69.3 Å². The summed E-state index contributed by atoms with van der Waals surface area (Å²) < 4.78 is 30.5. The number of rotatable bonds is 9. The van der Waals surface area contributed by atoms with Crippen molar-refractivity contribution in [3.63, 3.8) is 0 Å². The van der Waals surface area contributed by atoms with E-state index in [2.05, 4.69) is 28.9 Å². The Hall–Kier alpha value is -4.17. The van der Waals surface area contributed by atoms with E-state index >= 15 is 0 Å². The molecule has 1 amide bonds. The quantitative estimate of drug-likeness (QED) is 0.212. The van der Waals surface area contributed by atoms with Crippen LogP contribution >= 0.6 is 0 Å². The van der Waals surface area contributed by atoms with Crippen LogP contribution < -0.4 is 9.73 Å². The first-order chi connectivity index (χ1) is 18.6. The Morgan fingerprint density at radius 1 is 0.949 bits per heavy atom. The number of carbonyl (C=O) groups is 1. The zero-order valence-electron chi connectivity index (χ0n) is 22.9. The largest absolute Gasteiger partial charge is 0.318 e. The Kier molecular flexibility index (Phi) is 8.35. The number of carbonyl (C=O) groups excluding carboxylic acids is 1. The van der Waals surface area contributed by atoms with Gasteiger partial charge in [0, 0.05) is 22.6 Å². The van der Waals surface area contributed by atoms with Crippen LogP contribution in [0.3, 0.4) is 0 Å². The van der Waals surface area contributed by atoms with Crippen molar-refractivity contribution in [1.29, 1.82) is 0 Å². The second-order valence-corrected chi connectivity index (χ2v) is 11.7. The number of para-hydroxylation sites is 1. The summed E-state index contributed by atoms with van der Waals surface area (Å²) in [7, 11) is -4.00. The fraction of sp³-hybridized carbons (Fsp3) is 0.226. The topological polar surface area (TPSA) is 83.8 Å². The Bertz CT molecular complexity index is 1570. The average Bonchev–Trinajstić information content (AvgIpc) is 3.20. The van der Waals surface area contributed by atoms with Crippen molar-refractivity contribution in [2.24, 2.45) is 5.10 Å². The number of hydrazone groups is 1. The number of aromatic nitrogens is 1. The Morgan fingerprint density at radius 3 is 2.21 bits per heavy atom. The van der Waals surface area contributed by atoms with E-state index in [1.165, 1.54) is 0 Å². The van der Waals surface area contributed by atoms with Crippen molar-refractivity contribution >= 4 is 27.8 Å². The van der Waals surface area contributed by atoms with Crippen LogP contribution in [0.5, 0.6) is 0 Å². The summed E-state index contributed by atoms with van der Waals surface area (Å²) in [6.45, 7) is 9.60. The van der Waals surface area contributed by atoms with Gasteiger partial charge in [-0.05, 0) is 74.7 Å². The monoisotopic (exact) mass is 542 g/mol. The lowest BCUT2D eigenvalue weighted by molar-refractivity contribution is -0.119. The van der Waals surface area contributed by atoms with Crippen molar-refractivity contribution in [2.75, 3.05) is 10.8 Å². The van der Waals surface area contributed by atoms with Crippen LogP contribution in [0.1, 0.15) is 47.8 Å². The summed E-state index contributed by atoms with van der Waals surface area (Å²) in [5.41, 5.74) is 8.84. The van der Waals surface area contributed by atoms with Crippen LogP contribution in [0, 0.1) is 20.8 Å². The second kappa shape index (κ2) is 11.7. The highest BCUT2D eigenvalue weighted by Gasteiger charge is 2.27. The van der Waals surface area contributed by atoms with Crippen molar-refractivity contribution in [1.82, 2.24) is 9.99 Å². The molecule has 0 radical (unpaired) electrons. The van der Waals surface area contributed by atoms with Crippen LogP contribution in [0.15, 0.2) is 94.9 Å². The van der Waals surface area contributed by atoms with Gasteiger partial charge in [0.2, 0.25) is 0 Å². The first-order valence-corrected chi connectivity index (χ1v) is 14.3. The molecular formula is C31H34N4O3S. The molecule has 0 saturated heterocycles. The molecule has 0 atom stereocenters. The molecular weight excluding hydrogens is 508 g/mol. The van der Waals surface area contributed by atoms with Crippen LogP contribution in [0.2, 0.25) is 0 Å². The Balaban J connectivity index is 1.56. The van der Waals surface area contributed by atoms with E-state index in [9.17, 15) is 13.2 Å². The smallest absolute Gasteiger partial charge is 0.264 e. The molecule has 0 aliphatic carbocycles. The van der Waals surface area contributed by atoms with Gasteiger partial charge in [0.15, 0.2) is 0 Å². The van der Waals surface area contributed by atoms with Crippen LogP contribution in [0.4, 0.5) is 5.69 Å². The molecule has 0 aliphatic rings. The average molecular weight is 543 g/mol. The van der Waals surface area contributed by atoms with Gasteiger partial charge >= 0.3 is 0 Å². The molecule has 8 heteroatoms. The van der Waals surface area contributed by atoms with Gasteiger partial charge in [-0.3, -0.25) is 9.10 Å². The number of hydrogen-bond acceptors (Lipinski definition) is 4. The van der Waals surface area contributed by atoms with E-state index in [1.54, 1.807) is 42.6 Å². The van der Waals surface area contributed by atoms with Crippen molar-refractivity contribution in [3.8, 4) is 5.69 Å². The van der Waals surface area contributed by atoms with Gasteiger partial charge in [-0.25, -0.2) is 13.8 Å². The molecule has 0 fully saturated rings. The molecule has 39 heavy (non-hydrogen) atoms. The summed E-state index contributed by atoms with van der Waals surface area (Å²) in [5.74, 6) is -0.255. The molecule has 3 aromatic carbocycles. The molecule has 0 spiro atoms. The number of sulfonamides is 1. The fourth-order valence-electron chi connectivity index (χ4n) is 4.41. The first kappa shape index (κ1) is 27.9. The number of amides is 1. The molecule has 0 aliphatic heterocycles. The third kappa shape index (κ3) is 6.29. The zero-order valence-corrected chi connectivity index (χ0v) is 23.7. The molecule has 1 heterocycles. The normalized spacial score (nSPS) is 11.7. The fourth-order valence-corrected chi connectivity index (χ4v) is 5.83. The van der Waals surface area contributed by atoms with E-state index in [0.29, 0.717) is 11.6 Å². The number of hydrogen-bond donors (Lipinski definition) is 1. The lowest BCUT2D eigenvalue weighted by Gasteiger charge is -2.24. The van der Waals surface area contributed by atoms with E-state index in [0.717, 1.165) is 38.1 Å². The van der Waals surface area contributed by atoms with Crippen molar-refractivity contribution in [3.05, 3.63) is 113 Å². The minimum atomic E-state index is -4.00. The standard InChI is InChI=1S/C31H34N4O3S/c1-22(2)26-13-15-28(16-14-26)34(39(37,38)30-17-11-23(3)12-18-30)21-31(36)33-32-20-27-19-24(4)35(25(27)5)29-9-7-6-8-10-29/h6-20,22H,21H2,1-5H3,(H,33,36)/b32-20-. The molecule has 1 N–H and O–H groups in total. The molecule has 0 unspecified atom stereocenters. The maximum absolute atomic E-state index is 13.6.